The van der Waals surface area contributed by atoms with Crippen molar-refractivity contribution in [2.45, 2.75) is 23.5 Å². The first-order chi connectivity index (χ1) is 12.9. The number of aromatic amines is 1. The number of nitrogens with one attached hydrogen (secondary N) is 2. The van der Waals surface area contributed by atoms with Crippen molar-refractivity contribution in [1.82, 2.24) is 20.2 Å². The number of sulfone groups is 1. The van der Waals surface area contributed by atoms with Gasteiger partial charge in [0.05, 0.1) is 5.88 Å². The van der Waals surface area contributed by atoms with Crippen LogP contribution in [0.4, 0.5) is 17.6 Å². The predicted molar refractivity (Wildman–Crippen MR) is 107 cm³/mol. The monoisotopic (exact) mass is 409 g/mol. The largest absolute Gasteiger partial charge is 0.330 e. The highest BCUT2D eigenvalue weighted by Gasteiger charge is 2.44. The number of hydrogen-bond acceptors (Lipinski definition) is 9. The normalized spacial score (nSPS) is 23.4. The molecule has 2 fully saturated rings. The topological polar surface area (TPSA) is 130 Å². The lowest BCUT2D eigenvalue weighted by molar-refractivity contribution is 0.530. The van der Waals surface area contributed by atoms with Gasteiger partial charge >= 0.3 is 0 Å². The molecule has 4 N–H and O–H groups in total. The van der Waals surface area contributed by atoms with Crippen LogP contribution in [0.25, 0.3) is 0 Å². The molecule has 9 nitrogen and oxygen atoms in total. The molecule has 0 aromatic carbocycles. The van der Waals surface area contributed by atoms with Crippen LogP contribution in [0, 0.1) is 0 Å². The first-order valence-corrected chi connectivity index (χ1v) is 11.8. The van der Waals surface area contributed by atoms with Gasteiger partial charge in [-0.15, -0.1) is 11.8 Å². The predicted octanol–water partition coefficient (Wildman–Crippen LogP) is 1.07. The number of rotatable bonds is 6. The summed E-state index contributed by atoms with van der Waals surface area (Å²) in [5.74, 6) is 3.50. The molecule has 2 aromatic heterocycles. The summed E-state index contributed by atoms with van der Waals surface area (Å²) in [5, 5.41) is 10.5. The molecule has 27 heavy (non-hydrogen) atoms. The third-order valence-corrected chi connectivity index (χ3v) is 8.49. The van der Waals surface area contributed by atoms with Gasteiger partial charge in [-0.1, -0.05) is 0 Å². The highest BCUT2D eigenvalue weighted by Crippen LogP contribution is 2.39. The molecule has 4 rings (SSSR count). The van der Waals surface area contributed by atoms with Gasteiger partial charge in [-0.25, -0.2) is 13.4 Å². The van der Waals surface area contributed by atoms with Crippen LogP contribution in [0.2, 0.25) is 0 Å². The minimum Gasteiger partial charge on any atom is -0.330 e. The number of nitrogens with zero attached hydrogens (tertiary/aromatic N) is 4. The van der Waals surface area contributed by atoms with Crippen molar-refractivity contribution in [3.05, 3.63) is 24.0 Å². The lowest BCUT2D eigenvalue weighted by Crippen LogP contribution is -2.58. The van der Waals surface area contributed by atoms with Crippen LogP contribution in [-0.4, -0.2) is 64.3 Å². The summed E-state index contributed by atoms with van der Waals surface area (Å²) in [6, 6.07) is 3.76. The molecule has 1 unspecified atom stereocenters. The Morgan fingerprint density at radius 1 is 1.44 bits per heavy atom. The minimum atomic E-state index is -3.31. The molecule has 0 radical (unpaired) electrons. The van der Waals surface area contributed by atoms with Crippen LogP contribution >= 0.6 is 11.8 Å². The summed E-state index contributed by atoms with van der Waals surface area (Å²) in [7, 11) is -3.31. The summed E-state index contributed by atoms with van der Waals surface area (Å²) in [4.78, 5) is 10.7. The minimum absolute atomic E-state index is 0.0739. The molecule has 0 spiro atoms. The lowest BCUT2D eigenvalue weighted by Gasteiger charge is -2.40. The number of aromatic nitrogens is 4. The van der Waals surface area contributed by atoms with Crippen LogP contribution in [0.3, 0.4) is 0 Å². The summed E-state index contributed by atoms with van der Waals surface area (Å²) in [6.45, 7) is 0.359. The van der Waals surface area contributed by atoms with Gasteiger partial charge in [0.1, 0.15) is 10.6 Å². The van der Waals surface area contributed by atoms with Crippen LogP contribution in [0.15, 0.2) is 18.3 Å². The number of anilines is 3. The Balaban J connectivity index is 1.52. The van der Waals surface area contributed by atoms with E-state index in [0.29, 0.717) is 35.1 Å². The van der Waals surface area contributed by atoms with Gasteiger partial charge in [-0.2, -0.15) is 10.1 Å². The molecule has 11 heteroatoms. The smallest absolute Gasteiger partial charge is 0.228 e. The van der Waals surface area contributed by atoms with Crippen molar-refractivity contribution >= 4 is 39.2 Å². The van der Waals surface area contributed by atoms with Gasteiger partial charge in [0.25, 0.3) is 0 Å². The van der Waals surface area contributed by atoms with Crippen molar-refractivity contribution < 1.29 is 8.42 Å². The van der Waals surface area contributed by atoms with Gasteiger partial charge in [-0.05, 0) is 18.9 Å². The van der Waals surface area contributed by atoms with Crippen molar-refractivity contribution in [1.29, 1.82) is 0 Å². The Morgan fingerprint density at radius 3 is 2.96 bits per heavy atom. The molecule has 1 aliphatic carbocycles. The van der Waals surface area contributed by atoms with Gasteiger partial charge in [0.2, 0.25) is 5.95 Å². The fraction of sp³-hybridized carbons (Fsp3) is 0.562. The Bertz CT molecular complexity index is 928. The molecule has 3 heterocycles. The molecule has 146 valence electrons. The molecule has 1 aliphatic heterocycles. The molecule has 2 aliphatic rings. The third kappa shape index (κ3) is 3.76. The maximum absolute atomic E-state index is 12.3. The van der Waals surface area contributed by atoms with Crippen molar-refractivity contribution in [2.75, 3.05) is 41.2 Å². The highest BCUT2D eigenvalue weighted by molar-refractivity contribution is 8.01. The average molecular weight is 410 g/mol. The van der Waals surface area contributed by atoms with E-state index in [1.54, 1.807) is 12.3 Å². The molecular weight excluding hydrogens is 386 g/mol. The van der Waals surface area contributed by atoms with Gasteiger partial charge < -0.3 is 16.0 Å². The number of H-pyrrole nitrogens is 1. The fourth-order valence-electron chi connectivity index (χ4n) is 3.11. The quantitative estimate of drug-likeness (QED) is 0.641. The van der Waals surface area contributed by atoms with E-state index in [9.17, 15) is 8.42 Å². The van der Waals surface area contributed by atoms with E-state index in [0.717, 1.165) is 5.69 Å². The zero-order valence-electron chi connectivity index (χ0n) is 15.1. The van der Waals surface area contributed by atoms with Crippen molar-refractivity contribution in [2.24, 2.45) is 5.73 Å². The molecule has 1 saturated heterocycles. The van der Waals surface area contributed by atoms with Gasteiger partial charge in [0, 0.05) is 49.0 Å². The van der Waals surface area contributed by atoms with Crippen LogP contribution in [-0.2, 0) is 9.84 Å². The summed E-state index contributed by atoms with van der Waals surface area (Å²) in [5.41, 5.74) is 6.98. The summed E-state index contributed by atoms with van der Waals surface area (Å²) >= 11 is 1.53. The number of thioether (sulfide) groups is 1. The Morgan fingerprint density at radius 2 is 2.26 bits per heavy atom. The standard InChI is InChI=1S/C16H23N7O2S2/c1-27(24,25)16(7-17)8-23(10-26-9-16)15-18-5-4-13(20-15)19-14-6-12(21-22-14)11-2-3-11/h4-6,11H,2-3,7-10,17H2,1H3,(H2,18,19,20,21,22). The first kappa shape index (κ1) is 18.5. The van der Waals surface area contributed by atoms with E-state index in [-0.39, 0.29) is 13.1 Å². The zero-order valence-corrected chi connectivity index (χ0v) is 16.7. The Kier molecular flexibility index (Phi) is 4.77. The summed E-state index contributed by atoms with van der Waals surface area (Å²) < 4.78 is 23.6. The second-order valence-corrected chi connectivity index (χ2v) is 10.5. The van der Waals surface area contributed by atoms with E-state index in [4.69, 9.17) is 5.73 Å². The first-order valence-electron chi connectivity index (χ1n) is 8.78. The molecule has 2 aromatic rings. The lowest BCUT2D eigenvalue weighted by atomic mass is 10.1. The van der Waals surface area contributed by atoms with E-state index < -0.39 is 14.6 Å². The molecular formula is C16H23N7O2S2. The molecule has 1 saturated carbocycles. The molecule has 0 bridgehead atoms. The Hall–Kier alpha value is -1.85. The maximum atomic E-state index is 12.3. The number of hydrogen-bond donors (Lipinski definition) is 3. The molecule has 0 amide bonds. The highest BCUT2D eigenvalue weighted by atomic mass is 32.2. The summed E-state index contributed by atoms with van der Waals surface area (Å²) in [6.07, 6.45) is 5.31. The van der Waals surface area contributed by atoms with Gasteiger partial charge in [-0.3, -0.25) is 5.10 Å². The van der Waals surface area contributed by atoms with Gasteiger partial charge in [0.15, 0.2) is 15.7 Å². The van der Waals surface area contributed by atoms with Crippen molar-refractivity contribution in [3.8, 4) is 0 Å². The Labute approximate surface area is 162 Å². The van der Waals surface area contributed by atoms with Crippen LogP contribution in [0.5, 0.6) is 0 Å². The third-order valence-electron chi connectivity index (χ3n) is 5.05. The van der Waals surface area contributed by atoms with Crippen LogP contribution < -0.4 is 16.0 Å². The van der Waals surface area contributed by atoms with E-state index in [1.165, 1.54) is 30.9 Å². The van der Waals surface area contributed by atoms with E-state index in [2.05, 4.69) is 25.5 Å². The number of nitrogens with two attached hydrogens (primary N) is 1. The SMILES string of the molecule is CS(=O)(=O)C1(CN)CSCN(c2nccc(Nc3cc(C4CC4)[nH]n3)n2)C1. The van der Waals surface area contributed by atoms with Crippen molar-refractivity contribution in [3.63, 3.8) is 0 Å². The van der Waals surface area contributed by atoms with E-state index >= 15 is 0 Å². The molecule has 1 atom stereocenters. The van der Waals surface area contributed by atoms with Crippen LogP contribution in [0.1, 0.15) is 24.5 Å². The average Bonchev–Trinajstić information content (AvgIpc) is 3.41. The second-order valence-electron chi connectivity index (χ2n) is 7.18. The van der Waals surface area contributed by atoms with E-state index in [1.807, 2.05) is 11.0 Å². The zero-order chi connectivity index (χ0) is 19.1. The maximum Gasteiger partial charge on any atom is 0.228 e. The second kappa shape index (κ2) is 6.95. The fourth-order valence-corrected chi connectivity index (χ4v) is 6.01.